The molecule has 3 heteroatoms. The van der Waals surface area contributed by atoms with Crippen molar-refractivity contribution in [3.8, 4) is 5.69 Å². The fourth-order valence-corrected chi connectivity index (χ4v) is 2.30. The van der Waals surface area contributed by atoms with Gasteiger partial charge in [0, 0.05) is 11.3 Å². The van der Waals surface area contributed by atoms with Crippen LogP contribution in [0.3, 0.4) is 0 Å². The number of aromatic amines is 1. The molecule has 1 heterocycles. The van der Waals surface area contributed by atoms with Crippen LogP contribution in [0.4, 0.5) is 0 Å². The second-order valence-corrected chi connectivity index (χ2v) is 4.60. The van der Waals surface area contributed by atoms with E-state index in [9.17, 15) is 4.79 Å². The third-order valence-electron chi connectivity index (χ3n) is 3.28. The monoisotopic (exact) mass is 244 g/mol. The summed E-state index contributed by atoms with van der Waals surface area (Å²) in [4.78, 5) is 12.4. The van der Waals surface area contributed by atoms with Crippen LogP contribution in [0, 0.1) is 6.92 Å². The normalized spacial score (nSPS) is 10.8. The van der Waals surface area contributed by atoms with Gasteiger partial charge in [-0.1, -0.05) is 38.5 Å². The van der Waals surface area contributed by atoms with Crippen molar-refractivity contribution in [1.82, 2.24) is 9.78 Å². The Morgan fingerprint density at radius 2 is 1.94 bits per heavy atom. The van der Waals surface area contributed by atoms with E-state index in [4.69, 9.17) is 0 Å². The van der Waals surface area contributed by atoms with Crippen molar-refractivity contribution in [3.63, 3.8) is 0 Å². The van der Waals surface area contributed by atoms with Crippen LogP contribution < -0.4 is 5.56 Å². The van der Waals surface area contributed by atoms with E-state index < -0.39 is 0 Å². The number of H-pyrrole nitrogens is 1. The number of hydrogen-bond donors (Lipinski definition) is 1. The van der Waals surface area contributed by atoms with Crippen LogP contribution in [0.25, 0.3) is 5.69 Å². The molecule has 0 saturated heterocycles. The fraction of sp³-hybridized carbons (Fsp3) is 0.400. The van der Waals surface area contributed by atoms with E-state index >= 15 is 0 Å². The zero-order chi connectivity index (χ0) is 13.1. The number of nitrogens with zero attached hydrogens (tertiary/aromatic N) is 1. The van der Waals surface area contributed by atoms with Crippen LogP contribution in [-0.4, -0.2) is 9.78 Å². The Hall–Kier alpha value is -1.77. The van der Waals surface area contributed by atoms with Crippen LogP contribution in [0.15, 0.2) is 29.1 Å². The molecule has 0 unspecified atom stereocenters. The lowest BCUT2D eigenvalue weighted by molar-refractivity contribution is 0.814. The molecule has 96 valence electrons. The summed E-state index contributed by atoms with van der Waals surface area (Å²) in [5, 5.41) is 3.25. The molecule has 0 amide bonds. The average Bonchev–Trinajstić information content (AvgIpc) is 2.68. The smallest absolute Gasteiger partial charge is 0.274 e. The van der Waals surface area contributed by atoms with E-state index in [1.165, 1.54) is 0 Å². The first-order valence-corrected chi connectivity index (χ1v) is 6.57. The van der Waals surface area contributed by atoms with E-state index in [0.29, 0.717) is 0 Å². The van der Waals surface area contributed by atoms with Crippen LogP contribution in [-0.2, 0) is 12.8 Å². The Labute approximate surface area is 107 Å². The van der Waals surface area contributed by atoms with Gasteiger partial charge in [-0.15, -0.1) is 0 Å². The molecule has 0 bridgehead atoms. The number of aryl methyl sites for hydroxylation is 2. The predicted octanol–water partition coefficient (Wildman–Crippen LogP) is 2.99. The second kappa shape index (κ2) is 5.25. The van der Waals surface area contributed by atoms with Crippen molar-refractivity contribution in [1.29, 1.82) is 0 Å². The average molecular weight is 244 g/mol. The number of hydrogen-bond acceptors (Lipinski definition) is 1. The van der Waals surface area contributed by atoms with Crippen LogP contribution in [0.5, 0.6) is 0 Å². The Balaban J connectivity index is 2.60. The molecular formula is C15H20N2O. The highest BCUT2D eigenvalue weighted by Gasteiger charge is 2.13. The largest absolute Gasteiger partial charge is 0.295 e. The molecule has 0 aliphatic rings. The van der Waals surface area contributed by atoms with Gasteiger partial charge in [0.2, 0.25) is 0 Å². The van der Waals surface area contributed by atoms with E-state index in [2.05, 4.69) is 18.9 Å². The molecule has 1 aromatic heterocycles. The van der Waals surface area contributed by atoms with Crippen LogP contribution in [0.1, 0.15) is 37.1 Å². The second-order valence-electron chi connectivity index (χ2n) is 4.60. The maximum atomic E-state index is 12.4. The standard InChI is InChI=1S/C15H20N2O/c1-4-8-12-13(5-2)16-17(15(12)18)14-10-7-6-9-11(14)3/h6-7,9-10,16H,4-5,8H2,1-3H3. The first-order chi connectivity index (χ1) is 8.69. The van der Waals surface area contributed by atoms with E-state index in [-0.39, 0.29) is 5.56 Å². The molecule has 18 heavy (non-hydrogen) atoms. The van der Waals surface area contributed by atoms with Crippen molar-refractivity contribution in [2.45, 2.75) is 40.0 Å². The molecule has 0 saturated carbocycles. The first-order valence-electron chi connectivity index (χ1n) is 6.57. The van der Waals surface area contributed by atoms with Gasteiger partial charge in [-0.3, -0.25) is 9.89 Å². The Kier molecular flexibility index (Phi) is 3.70. The summed E-state index contributed by atoms with van der Waals surface area (Å²) in [6, 6.07) is 7.94. The highest BCUT2D eigenvalue weighted by Crippen LogP contribution is 2.13. The molecule has 1 N–H and O–H groups in total. The minimum Gasteiger partial charge on any atom is -0.295 e. The number of nitrogens with one attached hydrogen (secondary N) is 1. The van der Waals surface area contributed by atoms with Gasteiger partial charge in [0.1, 0.15) is 0 Å². The molecule has 0 radical (unpaired) electrons. The van der Waals surface area contributed by atoms with Crippen LogP contribution >= 0.6 is 0 Å². The highest BCUT2D eigenvalue weighted by molar-refractivity contribution is 5.40. The lowest BCUT2D eigenvalue weighted by Crippen LogP contribution is -2.18. The van der Waals surface area contributed by atoms with E-state index in [1.807, 2.05) is 31.2 Å². The number of rotatable bonds is 4. The van der Waals surface area contributed by atoms with Crippen molar-refractivity contribution in [2.75, 3.05) is 0 Å². The lowest BCUT2D eigenvalue weighted by atomic mass is 10.1. The zero-order valence-electron chi connectivity index (χ0n) is 11.3. The van der Waals surface area contributed by atoms with Crippen LogP contribution in [0.2, 0.25) is 0 Å². The summed E-state index contributed by atoms with van der Waals surface area (Å²) in [5.74, 6) is 0. The maximum absolute atomic E-state index is 12.4. The third kappa shape index (κ3) is 2.13. The molecule has 0 atom stereocenters. The predicted molar refractivity (Wildman–Crippen MR) is 74.5 cm³/mol. The molecule has 3 nitrogen and oxygen atoms in total. The van der Waals surface area contributed by atoms with E-state index in [0.717, 1.165) is 41.8 Å². The Morgan fingerprint density at radius 1 is 1.22 bits per heavy atom. The zero-order valence-corrected chi connectivity index (χ0v) is 11.3. The fourth-order valence-electron chi connectivity index (χ4n) is 2.30. The maximum Gasteiger partial charge on any atom is 0.274 e. The number of para-hydroxylation sites is 1. The Morgan fingerprint density at radius 3 is 2.56 bits per heavy atom. The van der Waals surface area contributed by atoms with Gasteiger partial charge in [-0.05, 0) is 31.4 Å². The molecule has 2 rings (SSSR count). The van der Waals surface area contributed by atoms with Crippen molar-refractivity contribution in [3.05, 3.63) is 51.4 Å². The van der Waals surface area contributed by atoms with Gasteiger partial charge in [-0.2, -0.15) is 0 Å². The molecule has 0 aliphatic carbocycles. The number of aromatic nitrogens is 2. The quantitative estimate of drug-likeness (QED) is 0.882. The third-order valence-corrected chi connectivity index (χ3v) is 3.28. The number of benzene rings is 1. The molecule has 0 fully saturated rings. The minimum atomic E-state index is 0.100. The van der Waals surface area contributed by atoms with Crippen molar-refractivity contribution < 1.29 is 0 Å². The molecular weight excluding hydrogens is 224 g/mol. The van der Waals surface area contributed by atoms with Gasteiger partial charge in [0.05, 0.1) is 5.69 Å². The highest BCUT2D eigenvalue weighted by atomic mass is 16.1. The van der Waals surface area contributed by atoms with E-state index in [1.54, 1.807) is 4.68 Å². The molecule has 1 aromatic carbocycles. The molecule has 0 spiro atoms. The summed E-state index contributed by atoms with van der Waals surface area (Å²) >= 11 is 0. The lowest BCUT2D eigenvalue weighted by Gasteiger charge is -2.04. The minimum absolute atomic E-state index is 0.100. The summed E-state index contributed by atoms with van der Waals surface area (Å²) in [6.07, 6.45) is 2.70. The van der Waals surface area contributed by atoms with Crippen molar-refractivity contribution in [2.24, 2.45) is 0 Å². The van der Waals surface area contributed by atoms with Gasteiger partial charge < -0.3 is 0 Å². The topological polar surface area (TPSA) is 37.8 Å². The molecule has 0 aliphatic heterocycles. The van der Waals surface area contributed by atoms with Gasteiger partial charge in [-0.25, -0.2) is 4.68 Å². The Bertz CT molecular complexity index is 593. The SMILES string of the molecule is CCCc1c(CC)[nH]n(-c2ccccc2C)c1=O. The van der Waals surface area contributed by atoms with Gasteiger partial charge in [0.15, 0.2) is 0 Å². The summed E-state index contributed by atoms with van der Waals surface area (Å²) in [5.41, 5.74) is 4.14. The van der Waals surface area contributed by atoms with Gasteiger partial charge >= 0.3 is 0 Å². The summed E-state index contributed by atoms with van der Waals surface area (Å²) in [6.45, 7) is 6.20. The summed E-state index contributed by atoms with van der Waals surface area (Å²) < 4.78 is 1.68. The van der Waals surface area contributed by atoms with Gasteiger partial charge in [0.25, 0.3) is 5.56 Å². The first kappa shape index (κ1) is 12.7. The van der Waals surface area contributed by atoms with Crippen molar-refractivity contribution >= 4 is 0 Å². The molecule has 2 aromatic rings. The summed E-state index contributed by atoms with van der Waals surface area (Å²) in [7, 11) is 0.